The molecule has 0 unspecified atom stereocenters. The second kappa shape index (κ2) is 12.8. The van der Waals surface area contributed by atoms with Gasteiger partial charge in [-0.05, 0) is 62.0 Å². The van der Waals surface area contributed by atoms with Crippen LogP contribution in [0.1, 0.15) is 43.2 Å². The van der Waals surface area contributed by atoms with E-state index in [-0.39, 0.29) is 18.1 Å². The van der Waals surface area contributed by atoms with Gasteiger partial charge in [-0.1, -0.05) is 36.4 Å². The van der Waals surface area contributed by atoms with Gasteiger partial charge in [0.25, 0.3) is 0 Å². The predicted molar refractivity (Wildman–Crippen MR) is 175 cm³/mol. The average Bonchev–Trinajstić information content (AvgIpc) is 3.80. The van der Waals surface area contributed by atoms with Crippen LogP contribution in [-0.2, 0) is 23.0 Å². The van der Waals surface area contributed by atoms with Crippen molar-refractivity contribution in [2.75, 3.05) is 41.4 Å². The van der Waals surface area contributed by atoms with Crippen LogP contribution in [0.15, 0.2) is 59.5 Å². The number of imidazole rings is 1. The van der Waals surface area contributed by atoms with Gasteiger partial charge >= 0.3 is 11.8 Å². The van der Waals surface area contributed by atoms with Gasteiger partial charge in [-0.3, -0.25) is 9.13 Å². The lowest BCUT2D eigenvalue weighted by Crippen LogP contribution is -2.33. The molecule has 45 heavy (non-hydrogen) atoms. The van der Waals surface area contributed by atoms with Gasteiger partial charge in [0.05, 0.1) is 42.0 Å². The molecule has 2 atom stereocenters. The fourth-order valence-electron chi connectivity index (χ4n) is 6.16. The molecule has 1 aliphatic carbocycles. The summed E-state index contributed by atoms with van der Waals surface area (Å²) in [5.74, 6) is 0.582. The first-order valence-electron chi connectivity index (χ1n) is 19.0. The van der Waals surface area contributed by atoms with E-state index in [0.29, 0.717) is 87.6 Å². The van der Waals surface area contributed by atoms with Crippen molar-refractivity contribution in [3.8, 4) is 28.1 Å². The number of H-pyrrole nitrogens is 1. The molecule has 1 amide bonds. The van der Waals surface area contributed by atoms with Crippen LogP contribution in [0.25, 0.3) is 44.5 Å². The van der Waals surface area contributed by atoms with E-state index in [9.17, 15) is 9.59 Å². The van der Waals surface area contributed by atoms with Crippen LogP contribution in [0.4, 0.5) is 4.79 Å². The lowest BCUT2D eigenvalue weighted by Gasteiger charge is -2.15. The Bertz CT molecular complexity index is 2180. The molecule has 3 heterocycles. The van der Waals surface area contributed by atoms with Gasteiger partial charge in [0.15, 0.2) is 0 Å². The molecular formula is C34H40N6O5. The van der Waals surface area contributed by atoms with Crippen LogP contribution in [-0.4, -0.2) is 77.5 Å². The Kier molecular flexibility index (Phi) is 6.02. The smallest absolute Gasteiger partial charge is 0.407 e. The summed E-state index contributed by atoms with van der Waals surface area (Å²) in [6.45, 7) is -8.21. The zero-order chi connectivity index (χ0) is 39.2. The Morgan fingerprint density at radius 1 is 1.09 bits per heavy atom. The first-order chi connectivity index (χ1) is 25.4. The second-order valence-electron chi connectivity index (χ2n) is 11.0. The van der Waals surface area contributed by atoms with Crippen LogP contribution in [0.5, 0.6) is 5.75 Å². The number of hydrogen-bond donors (Lipinski definition) is 2. The monoisotopic (exact) mass is 621 g/mol. The van der Waals surface area contributed by atoms with Gasteiger partial charge in [0, 0.05) is 50.6 Å². The third kappa shape index (κ3) is 5.93. The highest BCUT2D eigenvalue weighted by atomic mass is 16.5. The van der Waals surface area contributed by atoms with E-state index in [1.807, 2.05) is 12.1 Å². The van der Waals surface area contributed by atoms with Crippen molar-refractivity contribution in [1.82, 2.24) is 29.3 Å². The van der Waals surface area contributed by atoms with Gasteiger partial charge in [0.1, 0.15) is 18.0 Å². The Hall–Kier alpha value is -4.61. The Morgan fingerprint density at radius 2 is 1.87 bits per heavy atom. The molecular weight excluding hydrogens is 572 g/mol. The number of aromatic amines is 1. The SMILES string of the molecule is [2H]C([2H])([2H])N(Cc1ccc(-c2[nH]c3ncc4c(c3c2-c2ccc(OCCOC)cc2)n([C@@H]2CC[C@@H](NC(=O)OC)C2)c(=O)n4C([2H])([2H])[2H])cc1)C([2H])([2H])[2H]. The van der Waals surface area contributed by atoms with Crippen molar-refractivity contribution >= 4 is 28.2 Å². The van der Waals surface area contributed by atoms with Crippen LogP contribution in [0, 0.1) is 0 Å². The van der Waals surface area contributed by atoms with Crippen molar-refractivity contribution in [3.63, 3.8) is 0 Å². The number of methoxy groups -OCH3 is 2. The van der Waals surface area contributed by atoms with Gasteiger partial charge in [-0.2, -0.15) is 0 Å². The summed E-state index contributed by atoms with van der Waals surface area (Å²) >= 11 is 0. The van der Waals surface area contributed by atoms with Crippen molar-refractivity contribution in [2.24, 2.45) is 6.98 Å². The molecule has 1 fully saturated rings. The molecule has 0 aliphatic heterocycles. The molecule has 6 rings (SSSR count). The summed E-state index contributed by atoms with van der Waals surface area (Å²) in [4.78, 5) is 34.7. The number of carbonyl (C=O) groups excluding carboxylic acids is 1. The molecule has 3 aromatic heterocycles. The zero-order valence-corrected chi connectivity index (χ0v) is 24.9. The molecule has 2 N–H and O–H groups in total. The average molecular weight is 622 g/mol. The van der Waals surface area contributed by atoms with E-state index >= 15 is 0 Å². The number of nitrogens with one attached hydrogen (secondary N) is 2. The normalized spacial score (nSPS) is 20.4. The van der Waals surface area contributed by atoms with Crippen molar-refractivity contribution in [3.05, 3.63) is 70.8 Å². The van der Waals surface area contributed by atoms with Crippen molar-refractivity contribution < 1.29 is 31.3 Å². The van der Waals surface area contributed by atoms with Crippen LogP contribution >= 0.6 is 0 Å². The highest BCUT2D eigenvalue weighted by Gasteiger charge is 2.32. The molecule has 236 valence electrons. The van der Waals surface area contributed by atoms with Crippen LogP contribution in [0.2, 0.25) is 0 Å². The second-order valence-corrected chi connectivity index (χ2v) is 11.0. The number of pyridine rings is 1. The maximum absolute atomic E-state index is 14.2. The van der Waals surface area contributed by atoms with Gasteiger partial charge in [-0.25, -0.2) is 14.6 Å². The Labute approximate surface area is 274 Å². The van der Waals surface area contributed by atoms with Gasteiger partial charge in [-0.15, -0.1) is 0 Å². The van der Waals surface area contributed by atoms with E-state index < -0.39 is 38.8 Å². The summed E-state index contributed by atoms with van der Waals surface area (Å²) in [6, 6.07) is 13.2. The summed E-state index contributed by atoms with van der Waals surface area (Å²) in [5, 5.41) is 3.28. The number of ether oxygens (including phenoxy) is 3. The number of carbonyl (C=O) groups is 1. The minimum absolute atomic E-state index is 0.105. The third-order valence-corrected chi connectivity index (χ3v) is 8.21. The summed E-state index contributed by atoms with van der Waals surface area (Å²) in [5.41, 5.74) is 3.00. The lowest BCUT2D eigenvalue weighted by molar-refractivity contribution is 0.146. The van der Waals surface area contributed by atoms with Crippen molar-refractivity contribution in [2.45, 2.75) is 37.9 Å². The van der Waals surface area contributed by atoms with E-state index in [0.717, 1.165) is 4.57 Å². The van der Waals surface area contributed by atoms with Crippen molar-refractivity contribution in [1.29, 1.82) is 0 Å². The zero-order valence-electron chi connectivity index (χ0n) is 33.9. The highest BCUT2D eigenvalue weighted by molar-refractivity contribution is 6.14. The lowest BCUT2D eigenvalue weighted by atomic mass is 9.97. The summed E-state index contributed by atoms with van der Waals surface area (Å²) in [7, 11) is 2.84. The van der Waals surface area contributed by atoms with E-state index in [2.05, 4.69) is 15.3 Å². The molecule has 2 aromatic carbocycles. The maximum atomic E-state index is 14.2. The fraction of sp³-hybridized carbons (Fsp3) is 0.382. The minimum atomic E-state index is -2.86. The van der Waals surface area contributed by atoms with E-state index in [1.54, 1.807) is 43.5 Å². The molecule has 1 saturated carbocycles. The number of alkyl carbamates (subject to hydrolysis) is 1. The minimum Gasteiger partial charge on any atom is -0.491 e. The third-order valence-electron chi connectivity index (χ3n) is 8.21. The van der Waals surface area contributed by atoms with Crippen LogP contribution < -0.4 is 15.7 Å². The topological polar surface area (TPSA) is 116 Å². The van der Waals surface area contributed by atoms with E-state index in [1.165, 1.54) is 17.9 Å². The van der Waals surface area contributed by atoms with E-state index in [4.69, 9.17) is 26.5 Å². The summed E-state index contributed by atoms with van der Waals surface area (Å²) < 4.78 is 89.4. The standard InChI is InChI=1S/C34H40N6O5/c1-38(2)20-21-6-8-23(9-7-21)30-28(22-10-14-26(15-11-22)45-17-16-43-4)29-31-27(19-35-32(29)37-30)39(3)34(42)40(31)25-13-12-24(18-25)36-33(41)44-5/h6-11,14-15,19,24-25H,12-13,16-18,20H2,1-5H3,(H,35,37)(H,36,41)/t24-,25-/m1/s1/i1D3,2D3,3D3. The first kappa shape index (κ1) is 21.2. The highest BCUT2D eigenvalue weighted by Crippen LogP contribution is 2.43. The molecule has 11 heteroatoms. The Morgan fingerprint density at radius 3 is 2.58 bits per heavy atom. The molecule has 11 nitrogen and oxygen atoms in total. The molecule has 0 bridgehead atoms. The summed E-state index contributed by atoms with van der Waals surface area (Å²) in [6.07, 6.45) is 2.11. The molecule has 1 aliphatic rings. The number of nitrogens with zero attached hydrogens (tertiary/aromatic N) is 4. The number of benzene rings is 2. The van der Waals surface area contributed by atoms with Gasteiger partial charge < -0.3 is 29.4 Å². The predicted octanol–water partition coefficient (Wildman–Crippen LogP) is 5.09. The molecule has 0 saturated heterocycles. The molecule has 5 aromatic rings. The fourth-order valence-corrected chi connectivity index (χ4v) is 6.16. The Balaban J connectivity index is 1.56. The quantitative estimate of drug-likeness (QED) is 0.209. The number of rotatable bonds is 10. The maximum Gasteiger partial charge on any atom is 0.407 e. The first-order valence-corrected chi connectivity index (χ1v) is 14.5. The number of amides is 1. The number of aryl methyl sites for hydroxylation is 1. The molecule has 0 radical (unpaired) electrons. The largest absolute Gasteiger partial charge is 0.491 e. The number of aromatic nitrogens is 4. The van der Waals surface area contributed by atoms with Gasteiger partial charge in [0.2, 0.25) is 0 Å². The number of hydrogen-bond acceptors (Lipinski definition) is 7. The number of fused-ring (bicyclic) bond motifs is 3. The van der Waals surface area contributed by atoms with Crippen LogP contribution in [0.3, 0.4) is 0 Å². The molecule has 0 spiro atoms.